The van der Waals surface area contributed by atoms with Crippen molar-refractivity contribution in [3.05, 3.63) is 53.2 Å². The summed E-state index contributed by atoms with van der Waals surface area (Å²) < 4.78 is 10.6. The molecule has 2 aromatic heterocycles. The zero-order valence-electron chi connectivity index (χ0n) is 14.8. The summed E-state index contributed by atoms with van der Waals surface area (Å²) >= 11 is 1.35. The number of nitrogens with zero attached hydrogens (tertiary/aromatic N) is 2. The van der Waals surface area contributed by atoms with Gasteiger partial charge in [-0.15, -0.1) is 11.3 Å². The Bertz CT molecular complexity index is 907. The van der Waals surface area contributed by atoms with Gasteiger partial charge in [-0.05, 0) is 50.2 Å². The van der Waals surface area contributed by atoms with Crippen LogP contribution in [0.15, 0.2) is 42.6 Å². The van der Waals surface area contributed by atoms with Crippen LogP contribution in [0.4, 0.5) is 5.69 Å². The number of nitrogens with one attached hydrogen (secondary N) is 1. The van der Waals surface area contributed by atoms with Crippen molar-refractivity contribution in [3.63, 3.8) is 0 Å². The number of hydrogen-bond donors (Lipinski definition) is 1. The quantitative estimate of drug-likeness (QED) is 0.706. The van der Waals surface area contributed by atoms with E-state index in [1.807, 2.05) is 38.1 Å². The lowest BCUT2D eigenvalue weighted by Gasteiger charge is -2.07. The molecule has 0 radical (unpaired) electrons. The second-order valence-electron chi connectivity index (χ2n) is 5.41. The molecule has 1 amide bonds. The summed E-state index contributed by atoms with van der Waals surface area (Å²) in [6, 6.07) is 11.2. The summed E-state index contributed by atoms with van der Waals surface area (Å²) in [7, 11) is 1.51. The summed E-state index contributed by atoms with van der Waals surface area (Å²) in [5, 5.41) is 3.62. The molecule has 0 aliphatic heterocycles. The number of methoxy groups -OCH3 is 1. The Hall–Kier alpha value is -2.93. The van der Waals surface area contributed by atoms with Crippen LogP contribution < -0.4 is 14.8 Å². The second-order valence-corrected chi connectivity index (χ2v) is 6.40. The maximum Gasteiger partial charge on any atom is 0.267 e. The van der Waals surface area contributed by atoms with Gasteiger partial charge >= 0.3 is 0 Å². The minimum absolute atomic E-state index is 0.233. The first kappa shape index (κ1) is 17.9. The smallest absolute Gasteiger partial charge is 0.267 e. The van der Waals surface area contributed by atoms with Crippen LogP contribution in [0.2, 0.25) is 0 Å². The molecule has 0 unspecified atom stereocenters. The molecule has 6 nitrogen and oxygen atoms in total. The van der Waals surface area contributed by atoms with E-state index < -0.39 is 0 Å². The largest absolute Gasteiger partial charge is 0.494 e. The van der Waals surface area contributed by atoms with Gasteiger partial charge < -0.3 is 14.8 Å². The topological polar surface area (TPSA) is 73.3 Å². The van der Waals surface area contributed by atoms with Gasteiger partial charge in [0.05, 0.1) is 19.4 Å². The number of anilines is 1. The highest BCUT2D eigenvalue weighted by Crippen LogP contribution is 2.30. The molecule has 0 saturated heterocycles. The second kappa shape index (κ2) is 7.97. The Morgan fingerprint density at radius 2 is 2.00 bits per heavy atom. The van der Waals surface area contributed by atoms with Crippen LogP contribution in [0.5, 0.6) is 11.6 Å². The zero-order chi connectivity index (χ0) is 18.5. The van der Waals surface area contributed by atoms with E-state index in [1.165, 1.54) is 18.4 Å². The number of aryl methyl sites for hydroxylation is 1. The Morgan fingerprint density at radius 1 is 1.23 bits per heavy atom. The summed E-state index contributed by atoms with van der Waals surface area (Å²) in [4.78, 5) is 21.8. The molecule has 26 heavy (non-hydrogen) atoms. The first-order valence-corrected chi connectivity index (χ1v) is 8.95. The molecule has 0 aliphatic carbocycles. The van der Waals surface area contributed by atoms with Crippen LogP contribution in [0.3, 0.4) is 0 Å². The number of amides is 1. The number of thiazole rings is 1. The third-order valence-electron chi connectivity index (χ3n) is 3.63. The number of rotatable bonds is 6. The molecule has 1 N–H and O–H groups in total. The van der Waals surface area contributed by atoms with Gasteiger partial charge in [0.1, 0.15) is 21.3 Å². The fourth-order valence-electron chi connectivity index (χ4n) is 2.42. The van der Waals surface area contributed by atoms with Crippen molar-refractivity contribution >= 4 is 22.9 Å². The molecule has 3 aromatic rings. The number of aromatic nitrogens is 2. The van der Waals surface area contributed by atoms with Gasteiger partial charge in [0.15, 0.2) is 0 Å². The predicted octanol–water partition coefficient (Wildman–Crippen LogP) is 4.17. The van der Waals surface area contributed by atoms with Crippen molar-refractivity contribution in [3.8, 4) is 22.2 Å². The molecule has 0 saturated carbocycles. The molecular weight excluding hydrogens is 350 g/mol. The fourth-order valence-corrected chi connectivity index (χ4v) is 3.39. The van der Waals surface area contributed by atoms with E-state index in [9.17, 15) is 4.79 Å². The third-order valence-corrected chi connectivity index (χ3v) is 4.83. The molecule has 3 rings (SSSR count). The van der Waals surface area contributed by atoms with Crippen molar-refractivity contribution in [2.45, 2.75) is 13.8 Å². The Morgan fingerprint density at radius 3 is 2.69 bits per heavy atom. The first-order chi connectivity index (χ1) is 12.6. The van der Waals surface area contributed by atoms with Crippen molar-refractivity contribution in [1.82, 2.24) is 9.97 Å². The molecule has 1 aromatic carbocycles. The van der Waals surface area contributed by atoms with Crippen molar-refractivity contribution < 1.29 is 14.3 Å². The predicted molar refractivity (Wildman–Crippen MR) is 102 cm³/mol. The monoisotopic (exact) mass is 369 g/mol. The Kier molecular flexibility index (Phi) is 5.48. The molecule has 0 spiro atoms. The van der Waals surface area contributed by atoms with Crippen molar-refractivity contribution in [2.75, 3.05) is 19.0 Å². The van der Waals surface area contributed by atoms with E-state index in [4.69, 9.17) is 9.47 Å². The number of benzene rings is 1. The van der Waals surface area contributed by atoms with Gasteiger partial charge in [-0.1, -0.05) is 0 Å². The number of hydrogen-bond acceptors (Lipinski definition) is 6. The van der Waals surface area contributed by atoms with E-state index >= 15 is 0 Å². The lowest BCUT2D eigenvalue weighted by atomic mass is 10.2. The molecule has 0 aliphatic rings. The lowest BCUT2D eigenvalue weighted by Crippen LogP contribution is -2.12. The molecular formula is C19H19N3O3S. The van der Waals surface area contributed by atoms with Gasteiger partial charge in [-0.3, -0.25) is 4.79 Å². The molecule has 0 fully saturated rings. The van der Waals surface area contributed by atoms with Crippen LogP contribution in [0, 0.1) is 6.92 Å². The highest BCUT2D eigenvalue weighted by Gasteiger charge is 2.18. The van der Waals surface area contributed by atoms with E-state index in [0.29, 0.717) is 28.7 Å². The first-order valence-electron chi connectivity index (χ1n) is 8.13. The van der Waals surface area contributed by atoms with E-state index in [0.717, 1.165) is 16.3 Å². The third kappa shape index (κ3) is 3.83. The van der Waals surface area contributed by atoms with Crippen molar-refractivity contribution in [1.29, 1.82) is 0 Å². The summed E-state index contributed by atoms with van der Waals surface area (Å²) in [6.07, 6.45) is 1.61. The number of carbonyl (C=O) groups is 1. The maximum absolute atomic E-state index is 12.6. The minimum atomic E-state index is -0.233. The number of pyridine rings is 1. The Labute approximate surface area is 155 Å². The summed E-state index contributed by atoms with van der Waals surface area (Å²) in [5.74, 6) is 0.949. The summed E-state index contributed by atoms with van der Waals surface area (Å²) in [5.41, 5.74) is 2.15. The van der Waals surface area contributed by atoms with Crippen LogP contribution in [-0.2, 0) is 0 Å². The Balaban J connectivity index is 1.82. The standard InChI is InChI=1S/C19H19N3O3S/c1-4-25-14-9-7-13(8-10-14)19-21-12(2)16(26-19)17(23)22-15-6-5-11-20-18(15)24-3/h5-11H,4H2,1-3H3,(H,22,23). The van der Waals surface area contributed by atoms with Gasteiger partial charge in [0.2, 0.25) is 5.88 Å². The van der Waals surface area contributed by atoms with Gasteiger partial charge in [-0.2, -0.15) is 0 Å². The molecule has 2 heterocycles. The average Bonchev–Trinajstić information content (AvgIpc) is 3.05. The lowest BCUT2D eigenvalue weighted by molar-refractivity contribution is 0.102. The van der Waals surface area contributed by atoms with E-state index in [1.54, 1.807) is 18.3 Å². The molecule has 0 atom stereocenters. The van der Waals surface area contributed by atoms with Crippen LogP contribution in [0.25, 0.3) is 10.6 Å². The zero-order valence-corrected chi connectivity index (χ0v) is 15.6. The van der Waals surface area contributed by atoms with Gasteiger partial charge in [-0.25, -0.2) is 9.97 Å². The van der Waals surface area contributed by atoms with E-state index in [-0.39, 0.29) is 5.91 Å². The summed E-state index contributed by atoms with van der Waals surface area (Å²) in [6.45, 7) is 4.39. The van der Waals surface area contributed by atoms with Crippen LogP contribution >= 0.6 is 11.3 Å². The fraction of sp³-hybridized carbons (Fsp3) is 0.211. The van der Waals surface area contributed by atoms with Crippen molar-refractivity contribution in [2.24, 2.45) is 0 Å². The SMILES string of the molecule is CCOc1ccc(-c2nc(C)c(C(=O)Nc3cccnc3OC)s2)cc1. The van der Waals surface area contributed by atoms with E-state index in [2.05, 4.69) is 15.3 Å². The minimum Gasteiger partial charge on any atom is -0.494 e. The number of carbonyl (C=O) groups excluding carboxylic acids is 1. The molecule has 7 heteroatoms. The highest BCUT2D eigenvalue weighted by atomic mass is 32.1. The van der Waals surface area contributed by atoms with Gasteiger partial charge in [0, 0.05) is 11.8 Å². The van der Waals surface area contributed by atoms with Gasteiger partial charge in [0.25, 0.3) is 5.91 Å². The van der Waals surface area contributed by atoms with Crippen LogP contribution in [-0.4, -0.2) is 29.6 Å². The maximum atomic E-state index is 12.6. The molecule has 134 valence electrons. The number of ether oxygens (including phenoxy) is 2. The average molecular weight is 369 g/mol. The highest BCUT2D eigenvalue weighted by molar-refractivity contribution is 7.17. The normalized spacial score (nSPS) is 10.4. The van der Waals surface area contributed by atoms with Crippen LogP contribution in [0.1, 0.15) is 22.3 Å². The molecule has 0 bridgehead atoms.